The topological polar surface area (TPSA) is 114 Å². The second-order valence-corrected chi connectivity index (χ2v) is 23.2. The van der Waals surface area contributed by atoms with Crippen LogP contribution in [0.25, 0.3) is 0 Å². The number of hydrogen-bond donors (Lipinski definition) is 3. The molecule has 4 rings (SSSR count). The Kier molecular flexibility index (Phi) is 23.7. The maximum absolute atomic E-state index is 12.7. The largest absolute Gasteiger partial charge is 0.468 e. The van der Waals surface area contributed by atoms with E-state index in [1.807, 2.05) is 60.6 Å². The van der Waals surface area contributed by atoms with Crippen LogP contribution in [0.5, 0.6) is 0 Å². The second-order valence-electron chi connectivity index (χ2n) is 19.4. The number of nitrogens with one attached hydrogen (secondary N) is 3. The van der Waals surface area contributed by atoms with Gasteiger partial charge in [0.05, 0.1) is 11.4 Å². The number of esters is 1. The molecule has 4 aliphatic carbocycles. The summed E-state index contributed by atoms with van der Waals surface area (Å²) in [7, 11) is 1.37. The van der Waals surface area contributed by atoms with Crippen molar-refractivity contribution >= 4 is 55.6 Å². The van der Waals surface area contributed by atoms with Crippen molar-refractivity contribution in [1.29, 1.82) is 0 Å². The smallest absolute Gasteiger partial charge is 0.322 e. The summed E-state index contributed by atoms with van der Waals surface area (Å²) in [5.74, 6) is 5.75. The highest BCUT2D eigenvalue weighted by molar-refractivity contribution is 9.10. The van der Waals surface area contributed by atoms with Gasteiger partial charge in [-0.25, -0.2) is 0 Å². The highest BCUT2D eigenvalue weighted by atomic mass is 79.9. The van der Waals surface area contributed by atoms with Crippen molar-refractivity contribution in [3.63, 3.8) is 0 Å². The first-order chi connectivity index (χ1) is 25.9. The lowest BCUT2D eigenvalue weighted by Gasteiger charge is -2.31. The summed E-state index contributed by atoms with van der Waals surface area (Å²) >= 11 is 6.78. The predicted octanol–water partition coefficient (Wildman–Crippen LogP) is 11.2. The summed E-state index contributed by atoms with van der Waals surface area (Å²) in [5, 5.41) is 9.22. The molecule has 0 spiro atoms. The molecule has 0 aliphatic heterocycles. The number of methoxy groups -OCH3 is 1. The van der Waals surface area contributed by atoms with Gasteiger partial charge in [0, 0.05) is 30.5 Å². The minimum Gasteiger partial charge on any atom is -0.468 e. The lowest BCUT2D eigenvalue weighted by Crippen LogP contribution is -2.45. The normalized spacial score (nSPS) is 28.1. The first-order valence-electron chi connectivity index (χ1n) is 21.2. The van der Waals surface area contributed by atoms with Crippen molar-refractivity contribution in [2.24, 2.45) is 64.1 Å². The van der Waals surface area contributed by atoms with Crippen LogP contribution >= 0.6 is 31.9 Å². The summed E-state index contributed by atoms with van der Waals surface area (Å²) in [6, 6.07) is 0. The van der Waals surface area contributed by atoms with Gasteiger partial charge < -0.3 is 20.7 Å². The first kappa shape index (κ1) is 56.1. The number of rotatable bonds is 15. The third kappa shape index (κ3) is 17.2. The third-order valence-corrected chi connectivity index (χ3v) is 13.6. The summed E-state index contributed by atoms with van der Waals surface area (Å²) in [6.45, 7) is 29.7. The molecule has 10 unspecified atom stereocenters. The average Bonchev–Trinajstić information content (AvgIpc) is 3.94. The Labute approximate surface area is 372 Å². The average molecular weight is 944 g/mol. The van der Waals surface area contributed by atoms with E-state index in [1.165, 1.54) is 45.6 Å². The van der Waals surface area contributed by atoms with Crippen molar-refractivity contribution in [3.8, 4) is 0 Å². The van der Waals surface area contributed by atoms with Gasteiger partial charge in [-0.15, -0.1) is 13.2 Å². The van der Waals surface area contributed by atoms with E-state index in [1.54, 1.807) is 6.92 Å². The van der Waals surface area contributed by atoms with Crippen LogP contribution in [0.2, 0.25) is 0 Å². The van der Waals surface area contributed by atoms with Crippen LogP contribution < -0.4 is 16.0 Å². The Morgan fingerprint density at radius 1 is 0.690 bits per heavy atom. The van der Waals surface area contributed by atoms with E-state index >= 15 is 0 Å². The minimum absolute atomic E-state index is 0. The molecular formula is C48H85Br2N3O5. The fourth-order valence-electron chi connectivity index (χ4n) is 9.05. The molecule has 0 saturated heterocycles. The zero-order valence-electron chi connectivity index (χ0n) is 36.7. The van der Waals surface area contributed by atoms with Crippen LogP contribution in [-0.2, 0) is 23.9 Å². The van der Waals surface area contributed by atoms with E-state index in [0.29, 0.717) is 36.0 Å². The number of ether oxygens (including phenoxy) is 1. The highest BCUT2D eigenvalue weighted by Gasteiger charge is 2.42. The second kappa shape index (κ2) is 24.5. The maximum Gasteiger partial charge on any atom is 0.322 e. The minimum atomic E-state index is -0.852. The van der Waals surface area contributed by atoms with Crippen molar-refractivity contribution < 1.29 is 23.9 Å². The summed E-state index contributed by atoms with van der Waals surface area (Å²) in [5.41, 5.74) is -0.898. The third-order valence-electron chi connectivity index (χ3n) is 12.7. The van der Waals surface area contributed by atoms with Crippen LogP contribution in [0.3, 0.4) is 0 Å². The Hall–Kier alpha value is -1.94. The van der Waals surface area contributed by atoms with Gasteiger partial charge in [0.25, 0.3) is 0 Å². The van der Waals surface area contributed by atoms with Gasteiger partial charge in [-0.2, -0.15) is 0 Å². The van der Waals surface area contributed by atoms with E-state index in [2.05, 4.69) is 87.0 Å². The first-order valence-corrected chi connectivity index (χ1v) is 22.7. The monoisotopic (exact) mass is 941 g/mol. The zero-order chi connectivity index (χ0) is 42.6. The van der Waals surface area contributed by atoms with Gasteiger partial charge in [-0.1, -0.05) is 132 Å². The molecule has 4 aliphatic rings. The van der Waals surface area contributed by atoms with Gasteiger partial charge >= 0.3 is 5.97 Å². The van der Waals surface area contributed by atoms with Gasteiger partial charge in [-0.3, -0.25) is 19.2 Å². The molecule has 8 nitrogen and oxygen atoms in total. The Bertz CT molecular complexity index is 1360. The van der Waals surface area contributed by atoms with Gasteiger partial charge in [0.2, 0.25) is 17.7 Å². The fraction of sp³-hybridized carbons (Fsp3) is 0.792. The lowest BCUT2D eigenvalue weighted by molar-refractivity contribution is -0.144. The Morgan fingerprint density at radius 2 is 1.24 bits per heavy atom. The van der Waals surface area contributed by atoms with E-state index in [9.17, 15) is 19.2 Å². The molecule has 2 bridgehead atoms. The molecule has 10 heteroatoms. The Morgan fingerprint density at radius 3 is 1.71 bits per heavy atom. The molecule has 3 saturated carbocycles. The van der Waals surface area contributed by atoms with Crippen LogP contribution in [-0.4, -0.2) is 59.1 Å². The molecular weight excluding hydrogens is 858 g/mol. The number of carbonyl (C=O) groups excluding carboxylic acids is 4. The molecule has 0 radical (unpaired) electrons. The number of alkyl halides is 2. The van der Waals surface area contributed by atoms with Crippen molar-refractivity contribution in [1.82, 2.24) is 16.0 Å². The molecule has 336 valence electrons. The number of amides is 3. The van der Waals surface area contributed by atoms with Crippen molar-refractivity contribution in [2.45, 2.75) is 151 Å². The number of hydrogen-bond acceptors (Lipinski definition) is 5. The van der Waals surface area contributed by atoms with E-state index in [0.717, 1.165) is 56.1 Å². The molecule has 3 N–H and O–H groups in total. The number of carbonyl (C=O) groups is 4. The number of halogens is 2. The van der Waals surface area contributed by atoms with Crippen LogP contribution in [0.4, 0.5) is 0 Å². The standard InChI is InChI=1S/C19H34BrNO3.C14H22BrNO.C13H21NO.2CH4/c1-7-13-9-14(8-2)15(10-13)11-21-16(22)18(3,4)12-19(5,20)17(23)24-6;1-5-10-7-11(6-2)12(8-10)9-16-13(17)14(3,4)15;1-13(2,3)12(15)14-8-11-7-9-4-5-10(11)6-9;;/h13-15H,7-12H2,1-6H3,(H,21,22);5-6,10-12H,1-2,7-9H2,3-4H3,(H,16,17);4-5,9-11H,6-8H2,1-3H3,(H,14,15);2*1H4. The zero-order valence-corrected chi connectivity index (χ0v) is 39.9. The fourth-order valence-corrected chi connectivity index (χ4v) is 10.1. The molecule has 0 heterocycles. The molecule has 0 aromatic heterocycles. The van der Waals surface area contributed by atoms with E-state index < -0.39 is 14.1 Å². The lowest BCUT2D eigenvalue weighted by atomic mass is 9.82. The van der Waals surface area contributed by atoms with Crippen LogP contribution in [0, 0.1) is 64.1 Å². The highest BCUT2D eigenvalue weighted by Crippen LogP contribution is 2.43. The molecule has 10 atom stereocenters. The van der Waals surface area contributed by atoms with Crippen molar-refractivity contribution in [2.75, 3.05) is 26.7 Å². The van der Waals surface area contributed by atoms with E-state index in [4.69, 9.17) is 4.74 Å². The van der Waals surface area contributed by atoms with Gasteiger partial charge in [-0.05, 0) is 119 Å². The Balaban J connectivity index is 0.000000851. The molecule has 58 heavy (non-hydrogen) atoms. The van der Waals surface area contributed by atoms with Crippen LogP contribution in [0.15, 0.2) is 37.5 Å². The maximum atomic E-state index is 12.7. The summed E-state index contributed by atoms with van der Waals surface area (Å²) in [6.07, 6.45) is 18.8. The molecule has 0 aromatic carbocycles. The quantitative estimate of drug-likeness (QED) is 0.0860. The van der Waals surface area contributed by atoms with Gasteiger partial charge in [0.15, 0.2) is 0 Å². The van der Waals surface area contributed by atoms with Gasteiger partial charge in [0.1, 0.15) is 4.32 Å². The SMILES string of the molecule is C.C.C=CC1CC(C=C)C(CNC(=O)C(C)(C)Br)C1.CC(C)(C)C(=O)NCC1CC2C=CC1C2.CCC1CC(CC)C(CNC(=O)C(C)(C)CC(C)(Br)C(=O)OC)C1. The predicted molar refractivity (Wildman–Crippen MR) is 252 cm³/mol. The summed E-state index contributed by atoms with van der Waals surface area (Å²) < 4.78 is 3.47. The molecule has 0 aromatic rings. The van der Waals surface area contributed by atoms with Crippen molar-refractivity contribution in [3.05, 3.63) is 37.5 Å². The van der Waals surface area contributed by atoms with Crippen LogP contribution in [0.1, 0.15) is 142 Å². The van der Waals surface area contributed by atoms with E-state index in [-0.39, 0.29) is 44.0 Å². The molecule has 3 amide bonds. The molecule has 3 fully saturated rings. The number of fused-ring (bicyclic) bond motifs is 2. The summed E-state index contributed by atoms with van der Waals surface area (Å²) in [4.78, 5) is 48.0. The number of allylic oxidation sites excluding steroid dienone is 4.